The zero-order chi connectivity index (χ0) is 20.4. The van der Waals surface area contributed by atoms with Crippen molar-refractivity contribution in [3.63, 3.8) is 0 Å². The van der Waals surface area contributed by atoms with Crippen molar-refractivity contribution >= 4 is 11.5 Å². The highest BCUT2D eigenvalue weighted by Crippen LogP contribution is 2.59. The summed E-state index contributed by atoms with van der Waals surface area (Å²) in [6.45, 7) is 11.5. The number of allylic oxidation sites excluding steroid dienone is 1. The second-order valence-electron chi connectivity index (χ2n) is 9.80. The molecule has 154 valence electrons. The summed E-state index contributed by atoms with van der Waals surface area (Å²) in [6, 6.07) is 1.81. The molecule has 2 fully saturated rings. The molecule has 1 unspecified atom stereocenters. The second kappa shape index (κ2) is 8.19. The van der Waals surface area contributed by atoms with Gasteiger partial charge in [0.2, 0.25) is 0 Å². The Kier molecular flexibility index (Phi) is 6.08. The molecule has 28 heavy (non-hydrogen) atoms. The van der Waals surface area contributed by atoms with E-state index < -0.39 is 0 Å². The molecule has 1 atom stereocenters. The topological polar surface area (TPSA) is 80.8 Å². The number of nitrogens with zero attached hydrogens (tertiary/aromatic N) is 3. The Hall–Kier alpha value is -1.95. The van der Waals surface area contributed by atoms with Crippen LogP contribution in [-0.4, -0.2) is 52.4 Å². The molecule has 3 rings (SSSR count). The van der Waals surface area contributed by atoms with E-state index in [0.29, 0.717) is 28.3 Å². The molecule has 1 aliphatic carbocycles. The van der Waals surface area contributed by atoms with Gasteiger partial charge in [0.25, 0.3) is 0 Å². The number of hydrogen-bond acceptors (Lipinski definition) is 4. The molecule has 1 aromatic heterocycles. The number of likely N-dealkylation sites (tertiary alicyclic amines) is 1. The van der Waals surface area contributed by atoms with E-state index in [9.17, 15) is 0 Å². The highest BCUT2D eigenvalue weighted by atomic mass is 15.3. The van der Waals surface area contributed by atoms with Crippen LogP contribution < -0.4 is 5.32 Å². The van der Waals surface area contributed by atoms with Crippen LogP contribution in [0, 0.1) is 27.6 Å². The fourth-order valence-electron chi connectivity index (χ4n) is 4.23. The van der Waals surface area contributed by atoms with Gasteiger partial charge in [-0.25, -0.2) is 0 Å². The maximum absolute atomic E-state index is 8.10. The van der Waals surface area contributed by atoms with E-state index in [4.69, 9.17) is 10.8 Å². The Bertz CT molecular complexity index is 730. The lowest BCUT2D eigenvalue weighted by molar-refractivity contribution is 0.146. The molecule has 1 saturated heterocycles. The Morgan fingerprint density at radius 2 is 2.00 bits per heavy atom. The van der Waals surface area contributed by atoms with Gasteiger partial charge < -0.3 is 10.2 Å². The molecule has 3 N–H and O–H groups in total. The van der Waals surface area contributed by atoms with Crippen molar-refractivity contribution in [1.29, 1.82) is 10.8 Å². The van der Waals surface area contributed by atoms with Crippen LogP contribution in [0.15, 0.2) is 24.4 Å². The van der Waals surface area contributed by atoms with Crippen molar-refractivity contribution in [3.8, 4) is 0 Å². The summed E-state index contributed by atoms with van der Waals surface area (Å²) in [6.07, 6.45) is 10.2. The largest absolute Gasteiger partial charge is 0.370 e. The van der Waals surface area contributed by atoms with Crippen LogP contribution >= 0.6 is 0 Å². The molecule has 1 spiro atoms. The van der Waals surface area contributed by atoms with Crippen molar-refractivity contribution in [2.24, 2.45) is 23.8 Å². The molecule has 1 aliphatic heterocycles. The quantitative estimate of drug-likeness (QED) is 0.497. The van der Waals surface area contributed by atoms with Crippen molar-refractivity contribution in [3.05, 3.63) is 30.1 Å². The standard InChI is InChI=1S/C22H36N6/c1-21(2,3)8-12-28-13-9-22(10-14-28)15-17(22)16-25-20(24)6-5-18(23)19-7-11-26-27(19)4/h5-7,11,17,23H,8-10,12-16H2,1-4H3,(H2,24,25)/b6-5-,23-18?. The lowest BCUT2D eigenvalue weighted by Crippen LogP contribution is -2.37. The third kappa shape index (κ3) is 5.31. The molecule has 2 heterocycles. The van der Waals surface area contributed by atoms with Crippen molar-refractivity contribution in [2.75, 3.05) is 26.2 Å². The minimum Gasteiger partial charge on any atom is -0.370 e. The lowest BCUT2D eigenvalue weighted by atomic mass is 9.88. The maximum atomic E-state index is 8.10. The Labute approximate surface area is 169 Å². The van der Waals surface area contributed by atoms with Gasteiger partial charge in [-0.3, -0.25) is 15.5 Å². The van der Waals surface area contributed by atoms with Crippen molar-refractivity contribution in [2.45, 2.75) is 46.5 Å². The van der Waals surface area contributed by atoms with Gasteiger partial charge in [0, 0.05) is 19.8 Å². The normalized spacial score (nSPS) is 21.9. The van der Waals surface area contributed by atoms with Gasteiger partial charge >= 0.3 is 0 Å². The van der Waals surface area contributed by atoms with Crippen molar-refractivity contribution < 1.29 is 0 Å². The van der Waals surface area contributed by atoms with Gasteiger partial charge in [-0.2, -0.15) is 5.10 Å². The molecular weight excluding hydrogens is 348 g/mol. The molecule has 1 aromatic rings. The molecular formula is C22H36N6. The smallest absolute Gasteiger partial charge is 0.118 e. The predicted molar refractivity (Wildman–Crippen MR) is 115 cm³/mol. The number of aryl methyl sites for hydroxylation is 1. The van der Waals surface area contributed by atoms with E-state index in [-0.39, 0.29) is 0 Å². The minimum absolute atomic E-state index is 0.372. The van der Waals surface area contributed by atoms with Crippen LogP contribution in [0.1, 0.15) is 52.1 Å². The monoisotopic (exact) mass is 384 g/mol. The van der Waals surface area contributed by atoms with Crippen LogP contribution in [0.4, 0.5) is 0 Å². The van der Waals surface area contributed by atoms with E-state index in [0.717, 1.165) is 12.2 Å². The van der Waals surface area contributed by atoms with E-state index in [2.05, 4.69) is 36.1 Å². The first-order chi connectivity index (χ1) is 13.2. The first-order valence-corrected chi connectivity index (χ1v) is 10.5. The number of piperidine rings is 1. The third-order valence-electron chi connectivity index (χ3n) is 6.44. The summed E-state index contributed by atoms with van der Waals surface area (Å²) < 4.78 is 1.67. The third-order valence-corrected chi connectivity index (χ3v) is 6.44. The second-order valence-corrected chi connectivity index (χ2v) is 9.80. The lowest BCUT2D eigenvalue weighted by Gasteiger charge is -2.34. The first kappa shape index (κ1) is 20.8. The summed E-state index contributed by atoms with van der Waals surface area (Å²) in [5.41, 5.74) is 2.07. The van der Waals surface area contributed by atoms with E-state index in [1.165, 1.54) is 45.3 Å². The minimum atomic E-state index is 0.372. The molecule has 2 aliphatic rings. The van der Waals surface area contributed by atoms with Crippen LogP contribution in [0.25, 0.3) is 0 Å². The van der Waals surface area contributed by atoms with Gasteiger partial charge in [0.05, 0.1) is 11.4 Å². The zero-order valence-corrected chi connectivity index (χ0v) is 17.9. The SMILES string of the molecule is Cn1nccc1C(=N)/C=C\C(=N)NCC1CC12CCN(CCC(C)(C)C)CC2. The van der Waals surface area contributed by atoms with Gasteiger partial charge in [0.15, 0.2) is 0 Å². The molecule has 0 bridgehead atoms. The molecule has 6 heteroatoms. The molecule has 0 aromatic carbocycles. The summed E-state index contributed by atoms with van der Waals surface area (Å²) in [5.74, 6) is 1.08. The van der Waals surface area contributed by atoms with Crippen LogP contribution in [-0.2, 0) is 7.05 Å². The predicted octanol–water partition coefficient (Wildman–Crippen LogP) is 3.45. The summed E-state index contributed by atoms with van der Waals surface area (Å²) in [4.78, 5) is 2.63. The van der Waals surface area contributed by atoms with E-state index in [1.807, 2.05) is 13.1 Å². The average Bonchev–Trinajstić information content (AvgIpc) is 3.12. The maximum Gasteiger partial charge on any atom is 0.118 e. The highest BCUT2D eigenvalue weighted by molar-refractivity contribution is 6.08. The number of rotatable bonds is 7. The van der Waals surface area contributed by atoms with Gasteiger partial charge in [-0.15, -0.1) is 0 Å². The average molecular weight is 385 g/mol. The van der Waals surface area contributed by atoms with Crippen LogP contribution in [0.5, 0.6) is 0 Å². The number of nitrogens with one attached hydrogen (secondary N) is 3. The Morgan fingerprint density at radius 1 is 1.29 bits per heavy atom. The fourth-order valence-corrected chi connectivity index (χ4v) is 4.23. The molecule has 0 radical (unpaired) electrons. The number of aromatic nitrogens is 2. The van der Waals surface area contributed by atoms with E-state index in [1.54, 1.807) is 23.0 Å². The number of hydrogen-bond donors (Lipinski definition) is 3. The van der Waals surface area contributed by atoms with E-state index >= 15 is 0 Å². The summed E-state index contributed by atoms with van der Waals surface area (Å²) in [7, 11) is 1.82. The summed E-state index contributed by atoms with van der Waals surface area (Å²) >= 11 is 0. The highest BCUT2D eigenvalue weighted by Gasteiger charge is 2.54. The Morgan fingerprint density at radius 3 is 2.61 bits per heavy atom. The fraction of sp³-hybridized carbons (Fsp3) is 0.682. The van der Waals surface area contributed by atoms with Gasteiger partial charge in [-0.1, -0.05) is 20.8 Å². The van der Waals surface area contributed by atoms with Crippen molar-refractivity contribution in [1.82, 2.24) is 20.0 Å². The first-order valence-electron chi connectivity index (χ1n) is 10.5. The molecule has 6 nitrogen and oxygen atoms in total. The zero-order valence-electron chi connectivity index (χ0n) is 17.9. The van der Waals surface area contributed by atoms with Crippen LogP contribution in [0.3, 0.4) is 0 Å². The molecule has 1 saturated carbocycles. The van der Waals surface area contributed by atoms with Gasteiger partial charge in [0.1, 0.15) is 5.84 Å². The molecule has 0 amide bonds. The van der Waals surface area contributed by atoms with Crippen LogP contribution in [0.2, 0.25) is 0 Å². The Balaban J connectivity index is 1.37. The summed E-state index contributed by atoms with van der Waals surface area (Å²) in [5, 5.41) is 23.5. The number of amidine groups is 1. The van der Waals surface area contributed by atoms with Gasteiger partial charge in [-0.05, 0) is 80.3 Å².